The molecule has 0 aromatic heterocycles. The lowest BCUT2D eigenvalue weighted by Gasteiger charge is -2.41. The normalized spacial score (nSPS) is 19.5. The fourth-order valence-corrected chi connectivity index (χ4v) is 1.47. The summed E-state index contributed by atoms with van der Waals surface area (Å²) in [5, 5.41) is 0. The molecule has 1 aromatic carbocycles. The molecule has 4 heteroatoms. The monoisotopic (exact) mass is 182 g/mol. The highest BCUT2D eigenvalue weighted by molar-refractivity contribution is 5.28. The van der Waals surface area contributed by atoms with E-state index >= 15 is 0 Å². The molecule has 1 fully saturated rings. The number of benzene rings is 1. The Morgan fingerprint density at radius 2 is 2.08 bits per heavy atom. The van der Waals surface area contributed by atoms with Crippen molar-refractivity contribution in [2.75, 3.05) is 13.2 Å². The van der Waals surface area contributed by atoms with Crippen LogP contribution in [0.4, 0.5) is 4.39 Å². The number of nitrogens with one attached hydrogen (secondary N) is 1. The standard InChI is InChI=1S/C9H11FN2O/c10-8-4-2-1-3-7(8)9(12-11)5-13-6-9/h1-4,12H,5-6,11H2. The van der Waals surface area contributed by atoms with Crippen LogP contribution in [0, 0.1) is 5.82 Å². The first kappa shape index (κ1) is 8.62. The summed E-state index contributed by atoms with van der Waals surface area (Å²) < 4.78 is 18.4. The quantitative estimate of drug-likeness (QED) is 0.517. The van der Waals surface area contributed by atoms with Crippen molar-refractivity contribution >= 4 is 0 Å². The second-order valence-corrected chi connectivity index (χ2v) is 3.20. The maximum absolute atomic E-state index is 13.3. The second kappa shape index (κ2) is 3.06. The fourth-order valence-electron chi connectivity index (χ4n) is 1.47. The number of ether oxygens (including phenoxy) is 1. The molecule has 2 rings (SSSR count). The Labute approximate surface area is 75.7 Å². The van der Waals surface area contributed by atoms with Crippen LogP contribution < -0.4 is 11.3 Å². The van der Waals surface area contributed by atoms with E-state index in [0.29, 0.717) is 18.8 Å². The van der Waals surface area contributed by atoms with E-state index in [1.807, 2.05) is 0 Å². The Balaban J connectivity index is 2.38. The van der Waals surface area contributed by atoms with Gasteiger partial charge in [-0.1, -0.05) is 18.2 Å². The van der Waals surface area contributed by atoms with Gasteiger partial charge in [-0.15, -0.1) is 0 Å². The Hall–Kier alpha value is -0.970. The summed E-state index contributed by atoms with van der Waals surface area (Å²) in [5.41, 5.74) is 2.66. The topological polar surface area (TPSA) is 47.3 Å². The lowest BCUT2D eigenvalue weighted by atomic mass is 9.88. The van der Waals surface area contributed by atoms with E-state index in [0.717, 1.165) is 0 Å². The predicted octanol–water partition coefficient (Wildman–Crippen LogP) is 0.514. The first-order valence-corrected chi connectivity index (χ1v) is 4.09. The molecule has 3 nitrogen and oxygen atoms in total. The van der Waals surface area contributed by atoms with E-state index in [1.165, 1.54) is 6.07 Å². The number of hydrogen-bond acceptors (Lipinski definition) is 3. The summed E-state index contributed by atoms with van der Waals surface area (Å²) in [6.45, 7) is 0.842. The Morgan fingerprint density at radius 3 is 2.54 bits per heavy atom. The predicted molar refractivity (Wildman–Crippen MR) is 46.2 cm³/mol. The molecule has 1 aromatic rings. The Morgan fingerprint density at radius 1 is 1.38 bits per heavy atom. The molecule has 1 aliphatic rings. The molecule has 13 heavy (non-hydrogen) atoms. The van der Waals surface area contributed by atoms with Gasteiger partial charge in [-0.25, -0.2) is 9.82 Å². The van der Waals surface area contributed by atoms with E-state index in [1.54, 1.807) is 18.2 Å². The maximum Gasteiger partial charge on any atom is 0.128 e. The van der Waals surface area contributed by atoms with Crippen molar-refractivity contribution in [3.63, 3.8) is 0 Å². The summed E-state index contributed by atoms with van der Waals surface area (Å²) in [5.74, 6) is 5.13. The van der Waals surface area contributed by atoms with Crippen molar-refractivity contribution < 1.29 is 9.13 Å². The van der Waals surface area contributed by atoms with Gasteiger partial charge in [-0.3, -0.25) is 5.84 Å². The molecule has 0 amide bonds. The molecule has 0 unspecified atom stereocenters. The van der Waals surface area contributed by atoms with Gasteiger partial charge in [-0.2, -0.15) is 0 Å². The first-order chi connectivity index (χ1) is 6.28. The molecule has 0 spiro atoms. The number of rotatable bonds is 2. The van der Waals surface area contributed by atoms with E-state index in [9.17, 15) is 4.39 Å². The molecular weight excluding hydrogens is 171 g/mol. The van der Waals surface area contributed by atoms with Crippen LogP contribution in [0.15, 0.2) is 24.3 Å². The molecule has 0 radical (unpaired) electrons. The third-order valence-electron chi connectivity index (χ3n) is 2.36. The van der Waals surface area contributed by atoms with Gasteiger partial charge >= 0.3 is 0 Å². The van der Waals surface area contributed by atoms with E-state index in [4.69, 9.17) is 10.6 Å². The van der Waals surface area contributed by atoms with Crippen molar-refractivity contribution in [1.29, 1.82) is 0 Å². The molecule has 70 valence electrons. The van der Waals surface area contributed by atoms with E-state index < -0.39 is 5.54 Å². The summed E-state index contributed by atoms with van der Waals surface area (Å²) in [6, 6.07) is 6.59. The smallest absolute Gasteiger partial charge is 0.128 e. The number of nitrogens with two attached hydrogens (primary N) is 1. The minimum Gasteiger partial charge on any atom is -0.377 e. The second-order valence-electron chi connectivity index (χ2n) is 3.20. The molecule has 1 aliphatic heterocycles. The Bertz CT molecular complexity index is 307. The highest BCUT2D eigenvalue weighted by Gasteiger charge is 2.41. The summed E-state index contributed by atoms with van der Waals surface area (Å²) >= 11 is 0. The van der Waals surface area contributed by atoms with Crippen LogP contribution in [0.25, 0.3) is 0 Å². The third-order valence-corrected chi connectivity index (χ3v) is 2.36. The average molecular weight is 182 g/mol. The van der Waals surface area contributed by atoms with Crippen LogP contribution in [0.1, 0.15) is 5.56 Å². The minimum atomic E-state index is -0.522. The van der Waals surface area contributed by atoms with Crippen LogP contribution in [-0.4, -0.2) is 13.2 Å². The van der Waals surface area contributed by atoms with E-state index in [-0.39, 0.29) is 5.82 Å². The van der Waals surface area contributed by atoms with Gasteiger partial charge in [0.25, 0.3) is 0 Å². The highest BCUT2D eigenvalue weighted by Crippen LogP contribution is 2.30. The number of halogens is 1. The van der Waals surface area contributed by atoms with Gasteiger partial charge in [-0.05, 0) is 6.07 Å². The van der Waals surface area contributed by atoms with Gasteiger partial charge in [0.1, 0.15) is 11.4 Å². The average Bonchev–Trinajstić information content (AvgIpc) is 2.07. The zero-order valence-corrected chi connectivity index (χ0v) is 7.09. The van der Waals surface area contributed by atoms with Gasteiger partial charge in [0.2, 0.25) is 0 Å². The largest absolute Gasteiger partial charge is 0.377 e. The SMILES string of the molecule is NNC1(c2ccccc2F)COC1. The molecular formula is C9H11FN2O. The van der Waals surface area contributed by atoms with Crippen molar-refractivity contribution in [3.05, 3.63) is 35.6 Å². The van der Waals surface area contributed by atoms with E-state index in [2.05, 4.69) is 5.43 Å². The van der Waals surface area contributed by atoms with Crippen LogP contribution in [0.2, 0.25) is 0 Å². The maximum atomic E-state index is 13.3. The first-order valence-electron chi connectivity index (χ1n) is 4.09. The van der Waals surface area contributed by atoms with Gasteiger partial charge in [0.15, 0.2) is 0 Å². The summed E-state index contributed by atoms with van der Waals surface area (Å²) in [4.78, 5) is 0. The van der Waals surface area contributed by atoms with Crippen LogP contribution in [-0.2, 0) is 10.3 Å². The minimum absolute atomic E-state index is 0.247. The highest BCUT2D eigenvalue weighted by atomic mass is 19.1. The van der Waals surface area contributed by atoms with Crippen molar-refractivity contribution in [2.45, 2.75) is 5.54 Å². The molecule has 0 aliphatic carbocycles. The van der Waals surface area contributed by atoms with Crippen LogP contribution in [0.5, 0.6) is 0 Å². The van der Waals surface area contributed by atoms with Crippen LogP contribution in [0.3, 0.4) is 0 Å². The number of hydrazine groups is 1. The number of hydrogen-bond donors (Lipinski definition) is 2. The van der Waals surface area contributed by atoms with Gasteiger partial charge in [0.05, 0.1) is 13.2 Å². The third kappa shape index (κ3) is 1.23. The van der Waals surface area contributed by atoms with Crippen molar-refractivity contribution in [3.8, 4) is 0 Å². The zero-order chi connectivity index (χ0) is 9.31. The van der Waals surface area contributed by atoms with Crippen molar-refractivity contribution in [2.24, 2.45) is 5.84 Å². The summed E-state index contributed by atoms with van der Waals surface area (Å²) in [7, 11) is 0. The van der Waals surface area contributed by atoms with Crippen molar-refractivity contribution in [1.82, 2.24) is 5.43 Å². The molecule has 0 atom stereocenters. The summed E-state index contributed by atoms with van der Waals surface area (Å²) in [6.07, 6.45) is 0. The molecule has 3 N–H and O–H groups in total. The van der Waals surface area contributed by atoms with Gasteiger partial charge < -0.3 is 4.74 Å². The fraction of sp³-hybridized carbons (Fsp3) is 0.333. The van der Waals surface area contributed by atoms with Crippen LogP contribution >= 0.6 is 0 Å². The zero-order valence-electron chi connectivity index (χ0n) is 7.09. The molecule has 0 saturated carbocycles. The molecule has 1 saturated heterocycles. The molecule has 1 heterocycles. The molecule has 0 bridgehead atoms. The lowest BCUT2D eigenvalue weighted by Crippen LogP contribution is -2.60. The lowest BCUT2D eigenvalue weighted by molar-refractivity contribution is -0.0802. The van der Waals surface area contributed by atoms with Gasteiger partial charge in [0, 0.05) is 5.56 Å². The Kier molecular flexibility index (Phi) is 2.03.